The summed E-state index contributed by atoms with van der Waals surface area (Å²) in [6.07, 6.45) is 1.15. The van der Waals surface area contributed by atoms with E-state index in [9.17, 15) is 8.42 Å². The third-order valence-corrected chi connectivity index (χ3v) is 5.35. The summed E-state index contributed by atoms with van der Waals surface area (Å²) in [5.74, 6) is 1.53. The fourth-order valence-electron chi connectivity index (χ4n) is 3.24. The number of aryl methyl sites for hydroxylation is 1. The van der Waals surface area contributed by atoms with Crippen LogP contribution in [0.1, 0.15) is 17.0 Å². The molecule has 1 heterocycles. The second-order valence-electron chi connectivity index (χ2n) is 6.93. The monoisotopic (exact) mass is 549 g/mol. The van der Waals surface area contributed by atoms with Crippen LogP contribution < -0.4 is 14.8 Å². The standard InChI is InChI=1S/C20H31N5O3S.HI/c1-15-13-17(16(2)25(15)18-7-9-19(28-5)10-8-18)14-24(4)20(21-3)22-11-12-23-29(6,26)27;/h7-10,13,23H,11-12,14H2,1-6H3,(H,21,22);1H. The van der Waals surface area contributed by atoms with Crippen LogP contribution in [0.2, 0.25) is 0 Å². The van der Waals surface area contributed by atoms with Gasteiger partial charge >= 0.3 is 0 Å². The molecule has 168 valence electrons. The number of nitrogens with zero attached hydrogens (tertiary/aromatic N) is 3. The number of halogens is 1. The summed E-state index contributed by atoms with van der Waals surface area (Å²) in [5, 5.41) is 3.18. The van der Waals surface area contributed by atoms with E-state index < -0.39 is 10.0 Å². The van der Waals surface area contributed by atoms with Gasteiger partial charge in [-0.25, -0.2) is 13.1 Å². The van der Waals surface area contributed by atoms with E-state index in [0.717, 1.165) is 29.1 Å². The number of methoxy groups -OCH3 is 1. The van der Waals surface area contributed by atoms with Crippen molar-refractivity contribution in [3.8, 4) is 11.4 Å². The van der Waals surface area contributed by atoms with Crippen LogP contribution in [0.25, 0.3) is 5.69 Å². The second-order valence-corrected chi connectivity index (χ2v) is 8.76. The minimum Gasteiger partial charge on any atom is -0.497 e. The maximum absolute atomic E-state index is 11.2. The normalized spacial score (nSPS) is 11.7. The number of nitrogens with one attached hydrogen (secondary N) is 2. The van der Waals surface area contributed by atoms with E-state index in [1.165, 1.54) is 5.56 Å². The van der Waals surface area contributed by atoms with Gasteiger partial charge in [-0.2, -0.15) is 0 Å². The lowest BCUT2D eigenvalue weighted by atomic mass is 10.2. The Hall–Kier alpha value is -1.79. The first-order valence-electron chi connectivity index (χ1n) is 9.35. The van der Waals surface area contributed by atoms with Crippen LogP contribution in [0.5, 0.6) is 5.75 Å². The molecule has 0 aliphatic heterocycles. The van der Waals surface area contributed by atoms with Crippen molar-refractivity contribution in [1.29, 1.82) is 0 Å². The van der Waals surface area contributed by atoms with Crippen LogP contribution in [0, 0.1) is 13.8 Å². The highest BCUT2D eigenvalue weighted by Crippen LogP contribution is 2.23. The molecule has 1 aromatic carbocycles. The number of rotatable bonds is 8. The topological polar surface area (TPSA) is 88.0 Å². The molecule has 0 fully saturated rings. The summed E-state index contributed by atoms with van der Waals surface area (Å²) in [4.78, 5) is 6.30. The quantitative estimate of drug-likeness (QED) is 0.229. The van der Waals surface area contributed by atoms with Gasteiger partial charge in [0.05, 0.1) is 13.4 Å². The lowest BCUT2D eigenvalue weighted by molar-refractivity contribution is 0.414. The molecule has 1 aromatic heterocycles. The molecule has 8 nitrogen and oxygen atoms in total. The molecule has 0 atom stereocenters. The molecule has 2 N–H and O–H groups in total. The van der Waals surface area contributed by atoms with Crippen LogP contribution >= 0.6 is 24.0 Å². The van der Waals surface area contributed by atoms with Crippen molar-refractivity contribution in [3.05, 3.63) is 47.3 Å². The Bertz CT molecular complexity index is 956. The van der Waals surface area contributed by atoms with Gasteiger partial charge in [-0.3, -0.25) is 4.99 Å². The zero-order valence-electron chi connectivity index (χ0n) is 18.4. The van der Waals surface area contributed by atoms with Gasteiger partial charge in [0, 0.05) is 50.8 Å². The second kappa shape index (κ2) is 11.6. The van der Waals surface area contributed by atoms with Gasteiger partial charge in [-0.15, -0.1) is 24.0 Å². The van der Waals surface area contributed by atoms with Crippen LogP contribution in [0.3, 0.4) is 0 Å². The van der Waals surface area contributed by atoms with E-state index >= 15 is 0 Å². The van der Waals surface area contributed by atoms with Crippen LogP contribution in [0.4, 0.5) is 0 Å². The van der Waals surface area contributed by atoms with E-state index in [2.05, 4.69) is 39.5 Å². The van der Waals surface area contributed by atoms with E-state index in [0.29, 0.717) is 25.6 Å². The van der Waals surface area contributed by atoms with Gasteiger partial charge < -0.3 is 19.5 Å². The van der Waals surface area contributed by atoms with E-state index in [1.807, 2.05) is 36.2 Å². The largest absolute Gasteiger partial charge is 0.497 e. The SMILES string of the molecule is CN=C(NCCNS(C)(=O)=O)N(C)Cc1cc(C)n(-c2ccc(OC)cc2)c1C.I. The predicted octanol–water partition coefficient (Wildman–Crippen LogP) is 2.28. The van der Waals surface area contributed by atoms with Crippen molar-refractivity contribution in [2.75, 3.05) is 40.6 Å². The summed E-state index contributed by atoms with van der Waals surface area (Å²) < 4.78 is 32.2. The minimum absolute atomic E-state index is 0. The minimum atomic E-state index is -3.19. The van der Waals surface area contributed by atoms with Crippen molar-refractivity contribution >= 4 is 40.0 Å². The van der Waals surface area contributed by atoms with Crippen molar-refractivity contribution in [2.24, 2.45) is 4.99 Å². The first kappa shape index (κ1) is 26.2. The van der Waals surface area contributed by atoms with Crippen LogP contribution in [0.15, 0.2) is 35.3 Å². The molecule has 10 heteroatoms. The van der Waals surface area contributed by atoms with Crippen molar-refractivity contribution in [2.45, 2.75) is 20.4 Å². The zero-order valence-corrected chi connectivity index (χ0v) is 21.5. The first-order valence-corrected chi connectivity index (χ1v) is 11.2. The molecule has 0 bridgehead atoms. The number of ether oxygens (including phenoxy) is 1. The van der Waals surface area contributed by atoms with Crippen molar-refractivity contribution in [1.82, 2.24) is 19.5 Å². The zero-order chi connectivity index (χ0) is 21.6. The summed E-state index contributed by atoms with van der Waals surface area (Å²) >= 11 is 0. The summed E-state index contributed by atoms with van der Waals surface area (Å²) in [6.45, 7) is 5.62. The first-order chi connectivity index (χ1) is 13.7. The van der Waals surface area contributed by atoms with Gasteiger partial charge in [-0.05, 0) is 49.7 Å². The Morgan fingerprint density at radius 3 is 2.37 bits per heavy atom. The number of guanidine groups is 1. The summed E-state index contributed by atoms with van der Waals surface area (Å²) in [7, 11) is 2.14. The number of sulfonamides is 1. The van der Waals surface area contributed by atoms with Gasteiger partial charge in [0.2, 0.25) is 10.0 Å². The molecule has 0 amide bonds. The third-order valence-electron chi connectivity index (χ3n) is 4.62. The highest BCUT2D eigenvalue weighted by molar-refractivity contribution is 14.0. The Balaban J connectivity index is 0.00000450. The van der Waals surface area contributed by atoms with E-state index in [-0.39, 0.29) is 24.0 Å². The molecule has 30 heavy (non-hydrogen) atoms. The van der Waals surface area contributed by atoms with Gasteiger partial charge in [0.15, 0.2) is 5.96 Å². The number of benzene rings is 1. The smallest absolute Gasteiger partial charge is 0.208 e. The van der Waals surface area contributed by atoms with Crippen LogP contribution in [-0.4, -0.2) is 64.4 Å². The Morgan fingerprint density at radius 2 is 1.83 bits per heavy atom. The van der Waals surface area contributed by atoms with Gasteiger partial charge in [-0.1, -0.05) is 0 Å². The average Bonchev–Trinajstić information content (AvgIpc) is 2.94. The average molecular weight is 549 g/mol. The molecule has 0 saturated heterocycles. The molecule has 0 aliphatic carbocycles. The molecule has 2 rings (SSSR count). The Morgan fingerprint density at radius 1 is 1.20 bits per heavy atom. The fourth-order valence-corrected chi connectivity index (χ4v) is 3.72. The highest BCUT2D eigenvalue weighted by atomic mass is 127. The molecular formula is C20H32IN5O3S. The van der Waals surface area contributed by atoms with E-state index in [1.54, 1.807) is 14.2 Å². The molecule has 0 unspecified atom stereocenters. The number of aromatic nitrogens is 1. The fraction of sp³-hybridized carbons (Fsp3) is 0.450. The van der Waals surface area contributed by atoms with Crippen molar-refractivity contribution < 1.29 is 13.2 Å². The molecule has 2 aromatic rings. The van der Waals surface area contributed by atoms with E-state index in [4.69, 9.17) is 4.74 Å². The number of hydrogen-bond acceptors (Lipinski definition) is 4. The molecule has 0 aliphatic rings. The maximum Gasteiger partial charge on any atom is 0.208 e. The highest BCUT2D eigenvalue weighted by Gasteiger charge is 2.14. The number of aliphatic imine (C=N–C) groups is 1. The summed E-state index contributed by atoms with van der Waals surface area (Å²) in [5.41, 5.74) is 4.59. The molecule has 0 spiro atoms. The molecule has 0 saturated carbocycles. The lowest BCUT2D eigenvalue weighted by Gasteiger charge is -2.22. The Labute approximate surface area is 196 Å². The predicted molar refractivity (Wildman–Crippen MR) is 133 cm³/mol. The molecular weight excluding hydrogens is 517 g/mol. The lowest BCUT2D eigenvalue weighted by Crippen LogP contribution is -2.42. The van der Waals surface area contributed by atoms with Gasteiger partial charge in [0.25, 0.3) is 0 Å². The van der Waals surface area contributed by atoms with Crippen molar-refractivity contribution in [3.63, 3.8) is 0 Å². The van der Waals surface area contributed by atoms with Crippen LogP contribution in [-0.2, 0) is 16.6 Å². The number of hydrogen-bond donors (Lipinski definition) is 2. The molecule has 0 radical (unpaired) electrons. The summed E-state index contributed by atoms with van der Waals surface area (Å²) in [6, 6.07) is 10.2. The Kier molecular flexibility index (Phi) is 10.1. The third kappa shape index (κ3) is 7.17. The maximum atomic E-state index is 11.2. The van der Waals surface area contributed by atoms with Gasteiger partial charge in [0.1, 0.15) is 5.75 Å².